The van der Waals surface area contributed by atoms with Gasteiger partial charge in [-0.25, -0.2) is 4.79 Å². The molecule has 94 valence electrons. The van der Waals surface area contributed by atoms with E-state index in [9.17, 15) is 9.59 Å². The molecule has 0 aromatic carbocycles. The smallest absolute Gasteiger partial charge is 0.338 e. The van der Waals surface area contributed by atoms with Crippen LogP contribution in [0, 0.1) is 5.92 Å². The third kappa shape index (κ3) is 3.60. The second-order valence-electron chi connectivity index (χ2n) is 4.05. The van der Waals surface area contributed by atoms with E-state index in [1.807, 2.05) is 0 Å². The van der Waals surface area contributed by atoms with Gasteiger partial charge in [0.15, 0.2) is 0 Å². The third-order valence-electron chi connectivity index (χ3n) is 2.33. The number of hydrogen-bond donors (Lipinski definition) is 3. The summed E-state index contributed by atoms with van der Waals surface area (Å²) in [5, 5.41) is 20.4. The van der Waals surface area contributed by atoms with E-state index in [-0.39, 0.29) is 18.0 Å². The molecular formula is C11H15NO5. The number of aromatic carboxylic acids is 1. The summed E-state index contributed by atoms with van der Waals surface area (Å²) in [6.07, 6.45) is 1.13. The van der Waals surface area contributed by atoms with Crippen molar-refractivity contribution in [3.05, 3.63) is 23.7 Å². The maximum absolute atomic E-state index is 10.9. The van der Waals surface area contributed by atoms with E-state index in [2.05, 4.69) is 5.32 Å². The van der Waals surface area contributed by atoms with Crippen molar-refractivity contribution < 1.29 is 24.2 Å². The van der Waals surface area contributed by atoms with Crippen LogP contribution in [-0.2, 0) is 11.3 Å². The van der Waals surface area contributed by atoms with E-state index in [1.165, 1.54) is 6.07 Å². The minimum absolute atomic E-state index is 0.0539. The molecule has 1 heterocycles. The third-order valence-corrected chi connectivity index (χ3v) is 2.33. The number of carboxylic acid groups (broad SMARTS) is 2. The Kier molecular flexibility index (Phi) is 4.28. The van der Waals surface area contributed by atoms with Gasteiger partial charge in [-0.1, -0.05) is 13.8 Å². The fourth-order valence-electron chi connectivity index (χ4n) is 1.40. The molecule has 0 fully saturated rings. The van der Waals surface area contributed by atoms with Crippen molar-refractivity contribution in [3.63, 3.8) is 0 Å². The highest BCUT2D eigenvalue weighted by Crippen LogP contribution is 2.09. The van der Waals surface area contributed by atoms with Gasteiger partial charge in [0.25, 0.3) is 0 Å². The highest BCUT2D eigenvalue weighted by atomic mass is 16.4. The van der Waals surface area contributed by atoms with E-state index in [4.69, 9.17) is 14.6 Å². The van der Waals surface area contributed by atoms with Crippen molar-refractivity contribution in [2.75, 3.05) is 0 Å². The van der Waals surface area contributed by atoms with Crippen LogP contribution in [0.4, 0.5) is 0 Å². The zero-order valence-corrected chi connectivity index (χ0v) is 9.64. The zero-order valence-electron chi connectivity index (χ0n) is 9.64. The molecule has 3 N–H and O–H groups in total. The molecule has 1 aromatic rings. The highest BCUT2D eigenvalue weighted by molar-refractivity contribution is 5.87. The Labute approximate surface area is 98.2 Å². The van der Waals surface area contributed by atoms with Crippen molar-refractivity contribution >= 4 is 11.9 Å². The highest BCUT2D eigenvalue weighted by Gasteiger charge is 2.21. The number of furan rings is 1. The summed E-state index contributed by atoms with van der Waals surface area (Å²) in [4.78, 5) is 21.5. The molecule has 0 aliphatic heterocycles. The molecule has 1 rings (SSSR count). The average Bonchev–Trinajstić information content (AvgIpc) is 2.65. The average molecular weight is 241 g/mol. The Hall–Kier alpha value is -1.82. The largest absolute Gasteiger partial charge is 0.480 e. The lowest BCUT2D eigenvalue weighted by atomic mass is 10.0. The predicted molar refractivity (Wildman–Crippen MR) is 58.8 cm³/mol. The minimum Gasteiger partial charge on any atom is -0.480 e. The molecule has 1 unspecified atom stereocenters. The summed E-state index contributed by atoms with van der Waals surface area (Å²) in [5.41, 5.74) is 0.0539. The van der Waals surface area contributed by atoms with Gasteiger partial charge < -0.3 is 14.6 Å². The van der Waals surface area contributed by atoms with Gasteiger partial charge in [0, 0.05) is 0 Å². The first-order valence-electron chi connectivity index (χ1n) is 5.18. The van der Waals surface area contributed by atoms with Gasteiger partial charge in [0.05, 0.1) is 12.1 Å². The molecule has 0 spiro atoms. The second kappa shape index (κ2) is 5.49. The Morgan fingerprint density at radius 1 is 1.41 bits per heavy atom. The molecule has 0 saturated carbocycles. The van der Waals surface area contributed by atoms with Crippen LogP contribution in [0.1, 0.15) is 30.0 Å². The van der Waals surface area contributed by atoms with Crippen molar-refractivity contribution in [2.24, 2.45) is 5.92 Å². The van der Waals surface area contributed by atoms with E-state index >= 15 is 0 Å². The number of rotatable bonds is 6. The standard InChI is InChI=1S/C11H15NO5/c1-6(2)9(11(15)16)12-4-8-3-7(5-17-8)10(13)14/h3,5-6,9,12H,4H2,1-2H3,(H,13,14)(H,15,16). The van der Waals surface area contributed by atoms with Crippen LogP contribution in [0.2, 0.25) is 0 Å². The van der Waals surface area contributed by atoms with Crippen LogP contribution < -0.4 is 5.32 Å². The quantitative estimate of drug-likeness (QED) is 0.691. The molecule has 0 aliphatic rings. The Bertz CT molecular complexity index is 410. The molecule has 0 bridgehead atoms. The maximum atomic E-state index is 10.9. The van der Waals surface area contributed by atoms with Crippen LogP contribution in [0.15, 0.2) is 16.7 Å². The SMILES string of the molecule is CC(C)C(NCc1cc(C(=O)O)co1)C(=O)O. The monoisotopic (exact) mass is 241 g/mol. The van der Waals surface area contributed by atoms with Gasteiger partial charge in [-0.05, 0) is 12.0 Å². The van der Waals surface area contributed by atoms with E-state index in [1.54, 1.807) is 13.8 Å². The van der Waals surface area contributed by atoms with Crippen LogP contribution in [0.25, 0.3) is 0 Å². The number of aliphatic carboxylic acids is 1. The van der Waals surface area contributed by atoms with Crippen LogP contribution in [0.3, 0.4) is 0 Å². The summed E-state index contributed by atoms with van der Waals surface area (Å²) in [6.45, 7) is 3.76. The summed E-state index contributed by atoms with van der Waals surface area (Å²) < 4.78 is 5.00. The van der Waals surface area contributed by atoms with Crippen molar-refractivity contribution in [3.8, 4) is 0 Å². The van der Waals surface area contributed by atoms with E-state index in [0.717, 1.165) is 6.26 Å². The van der Waals surface area contributed by atoms with Gasteiger partial charge in [0.2, 0.25) is 0 Å². The van der Waals surface area contributed by atoms with Gasteiger partial charge in [-0.15, -0.1) is 0 Å². The van der Waals surface area contributed by atoms with Gasteiger partial charge >= 0.3 is 11.9 Å². The Balaban J connectivity index is 2.59. The number of hydrogen-bond acceptors (Lipinski definition) is 4. The lowest BCUT2D eigenvalue weighted by Gasteiger charge is -2.16. The molecule has 0 amide bonds. The summed E-state index contributed by atoms with van der Waals surface area (Å²) >= 11 is 0. The molecule has 1 aromatic heterocycles. The van der Waals surface area contributed by atoms with Crippen molar-refractivity contribution in [1.29, 1.82) is 0 Å². The summed E-state index contributed by atoms with van der Waals surface area (Å²) in [6, 6.07) is 0.683. The molecule has 1 atom stereocenters. The number of carbonyl (C=O) groups is 2. The number of carboxylic acids is 2. The first-order valence-corrected chi connectivity index (χ1v) is 5.18. The first-order chi connectivity index (χ1) is 7.91. The second-order valence-corrected chi connectivity index (χ2v) is 4.05. The van der Waals surface area contributed by atoms with E-state index in [0.29, 0.717) is 5.76 Å². The minimum atomic E-state index is -1.07. The topological polar surface area (TPSA) is 99.8 Å². The molecule has 0 saturated heterocycles. The molecule has 0 aliphatic carbocycles. The fraction of sp³-hybridized carbons (Fsp3) is 0.455. The molecule has 6 heteroatoms. The zero-order chi connectivity index (χ0) is 13.0. The fourth-order valence-corrected chi connectivity index (χ4v) is 1.40. The maximum Gasteiger partial charge on any atom is 0.338 e. The Morgan fingerprint density at radius 3 is 2.47 bits per heavy atom. The predicted octanol–water partition coefficient (Wildman–Crippen LogP) is 1.18. The van der Waals surface area contributed by atoms with Crippen LogP contribution in [0.5, 0.6) is 0 Å². The summed E-state index contributed by atoms with van der Waals surface area (Å²) in [5.74, 6) is -1.68. The molecule has 0 radical (unpaired) electrons. The Morgan fingerprint density at radius 2 is 2.06 bits per heavy atom. The first kappa shape index (κ1) is 13.2. The summed E-state index contributed by atoms with van der Waals surface area (Å²) in [7, 11) is 0. The van der Waals surface area contributed by atoms with Gasteiger partial charge in [0.1, 0.15) is 18.1 Å². The lowest BCUT2D eigenvalue weighted by molar-refractivity contribution is -0.140. The number of nitrogens with one attached hydrogen (secondary N) is 1. The van der Waals surface area contributed by atoms with Crippen LogP contribution >= 0.6 is 0 Å². The van der Waals surface area contributed by atoms with Crippen molar-refractivity contribution in [2.45, 2.75) is 26.4 Å². The molecule has 17 heavy (non-hydrogen) atoms. The van der Waals surface area contributed by atoms with Crippen molar-refractivity contribution in [1.82, 2.24) is 5.32 Å². The molecule has 6 nitrogen and oxygen atoms in total. The van der Waals surface area contributed by atoms with Gasteiger partial charge in [-0.3, -0.25) is 10.1 Å². The van der Waals surface area contributed by atoms with Gasteiger partial charge in [-0.2, -0.15) is 0 Å². The van der Waals surface area contributed by atoms with E-state index < -0.39 is 18.0 Å². The lowest BCUT2D eigenvalue weighted by Crippen LogP contribution is -2.40. The van der Waals surface area contributed by atoms with Crippen LogP contribution in [-0.4, -0.2) is 28.2 Å². The normalized spacial score (nSPS) is 12.6. The molecular weight excluding hydrogens is 226 g/mol.